The van der Waals surface area contributed by atoms with Gasteiger partial charge in [-0.05, 0) is 19.1 Å². The van der Waals surface area contributed by atoms with E-state index in [1.54, 1.807) is 0 Å². The van der Waals surface area contributed by atoms with Crippen LogP contribution < -0.4 is 10.1 Å². The number of benzene rings is 1. The highest BCUT2D eigenvalue weighted by molar-refractivity contribution is 7.15. The average molecular weight is 273 g/mol. The van der Waals surface area contributed by atoms with Crippen LogP contribution in [0.3, 0.4) is 0 Å². The van der Waals surface area contributed by atoms with Gasteiger partial charge in [0.1, 0.15) is 17.4 Å². The number of hydrogen-bond donors (Lipinski definition) is 1. The molecular weight excluding hydrogens is 262 g/mol. The van der Waals surface area contributed by atoms with Gasteiger partial charge in [-0.25, -0.2) is 0 Å². The van der Waals surface area contributed by atoms with Crippen LogP contribution in [0.4, 0.5) is 5.13 Å². The first-order valence-corrected chi connectivity index (χ1v) is 6.58. The van der Waals surface area contributed by atoms with Crippen LogP contribution in [0.2, 0.25) is 0 Å². The van der Waals surface area contributed by atoms with Crippen molar-refractivity contribution >= 4 is 28.5 Å². The molecule has 6 heteroatoms. The fraction of sp³-hybridized carbons (Fsp3) is 0.154. The zero-order chi connectivity index (χ0) is 13.2. The molecule has 0 aliphatic carbocycles. The number of amides is 1. The van der Waals surface area contributed by atoms with Gasteiger partial charge in [0.2, 0.25) is 5.13 Å². The van der Waals surface area contributed by atoms with Crippen molar-refractivity contribution in [3.05, 3.63) is 40.4 Å². The summed E-state index contributed by atoms with van der Waals surface area (Å²) in [6.07, 6.45) is 1.84. The topological polar surface area (TPSA) is 64.1 Å². The first-order valence-electron chi connectivity index (χ1n) is 5.76. The number of anilines is 1. The Bertz CT molecular complexity index is 663. The van der Waals surface area contributed by atoms with E-state index >= 15 is 0 Å². The molecule has 1 amide bonds. The monoisotopic (exact) mass is 273 g/mol. The molecular formula is C13H11N3O2S. The maximum absolute atomic E-state index is 12.1. The number of aromatic nitrogens is 2. The molecule has 5 nitrogen and oxygen atoms in total. The van der Waals surface area contributed by atoms with Crippen molar-refractivity contribution in [1.82, 2.24) is 10.2 Å². The summed E-state index contributed by atoms with van der Waals surface area (Å²) in [6.45, 7) is 2.10. The van der Waals surface area contributed by atoms with Gasteiger partial charge in [-0.2, -0.15) is 0 Å². The number of carbonyl (C=O) groups is 1. The van der Waals surface area contributed by atoms with Crippen LogP contribution in [0, 0.1) is 6.92 Å². The standard InChI is InChI=1S/C13H11N3O2S/c1-8-15-16-13(19-8)14-12(17)10-6-9-4-2-3-5-11(9)18-7-10/h2-6H,7H2,1H3,(H,14,16,17). The SMILES string of the molecule is Cc1nnc(NC(=O)C2=Cc3ccccc3OC2)s1. The highest BCUT2D eigenvalue weighted by Gasteiger charge is 2.17. The van der Waals surface area contributed by atoms with Crippen LogP contribution in [0.15, 0.2) is 29.8 Å². The molecule has 1 N–H and O–H groups in total. The maximum atomic E-state index is 12.1. The molecule has 0 unspecified atom stereocenters. The van der Waals surface area contributed by atoms with Gasteiger partial charge in [0.05, 0.1) is 5.57 Å². The molecule has 96 valence electrons. The molecule has 0 saturated carbocycles. The van der Waals surface area contributed by atoms with Crippen LogP contribution >= 0.6 is 11.3 Å². The lowest BCUT2D eigenvalue weighted by atomic mass is 10.1. The molecule has 1 aliphatic rings. The Hall–Kier alpha value is -2.21. The van der Waals surface area contributed by atoms with Gasteiger partial charge in [0.25, 0.3) is 5.91 Å². The van der Waals surface area contributed by atoms with E-state index in [0.29, 0.717) is 10.7 Å². The Morgan fingerprint density at radius 2 is 2.21 bits per heavy atom. The Labute approximate surface area is 113 Å². The van der Waals surface area contributed by atoms with Crippen LogP contribution in [0.1, 0.15) is 10.6 Å². The predicted molar refractivity (Wildman–Crippen MR) is 73.2 cm³/mol. The molecule has 19 heavy (non-hydrogen) atoms. The van der Waals surface area contributed by atoms with Crippen molar-refractivity contribution in [2.75, 3.05) is 11.9 Å². The van der Waals surface area contributed by atoms with E-state index in [1.165, 1.54) is 11.3 Å². The Morgan fingerprint density at radius 1 is 1.37 bits per heavy atom. The minimum Gasteiger partial charge on any atom is -0.488 e. The first-order chi connectivity index (χ1) is 9.22. The number of carbonyl (C=O) groups excluding carboxylic acids is 1. The number of fused-ring (bicyclic) bond motifs is 1. The lowest BCUT2D eigenvalue weighted by Crippen LogP contribution is -2.21. The molecule has 0 radical (unpaired) electrons. The molecule has 2 heterocycles. The van der Waals surface area contributed by atoms with Gasteiger partial charge < -0.3 is 4.74 Å². The zero-order valence-electron chi connectivity index (χ0n) is 10.2. The van der Waals surface area contributed by atoms with Crippen molar-refractivity contribution in [1.29, 1.82) is 0 Å². The number of aryl methyl sites for hydroxylation is 1. The van der Waals surface area contributed by atoms with Gasteiger partial charge in [0, 0.05) is 5.56 Å². The van der Waals surface area contributed by atoms with Crippen LogP contribution in [-0.2, 0) is 4.79 Å². The Balaban J connectivity index is 1.80. The lowest BCUT2D eigenvalue weighted by molar-refractivity contribution is -0.113. The third-order valence-electron chi connectivity index (χ3n) is 2.67. The summed E-state index contributed by atoms with van der Waals surface area (Å²) in [4.78, 5) is 12.1. The van der Waals surface area contributed by atoms with E-state index in [1.807, 2.05) is 37.3 Å². The second-order valence-electron chi connectivity index (χ2n) is 4.08. The summed E-state index contributed by atoms with van der Waals surface area (Å²) >= 11 is 1.34. The zero-order valence-corrected chi connectivity index (χ0v) is 11.0. The van der Waals surface area contributed by atoms with Gasteiger partial charge in [-0.1, -0.05) is 29.5 Å². The predicted octanol–water partition coefficient (Wildman–Crippen LogP) is 2.26. The third kappa shape index (κ3) is 2.48. The molecule has 0 atom stereocenters. The fourth-order valence-corrected chi connectivity index (χ4v) is 2.36. The number of nitrogens with one attached hydrogen (secondary N) is 1. The normalized spacial score (nSPS) is 13.2. The fourth-order valence-electron chi connectivity index (χ4n) is 1.77. The second-order valence-corrected chi connectivity index (χ2v) is 5.26. The smallest absolute Gasteiger partial charge is 0.256 e. The van der Waals surface area contributed by atoms with Crippen LogP contribution in [0.25, 0.3) is 6.08 Å². The number of para-hydroxylation sites is 1. The maximum Gasteiger partial charge on any atom is 0.256 e. The van der Waals surface area contributed by atoms with Crippen LogP contribution in [-0.4, -0.2) is 22.7 Å². The van der Waals surface area contributed by atoms with Crippen molar-refractivity contribution in [3.63, 3.8) is 0 Å². The van der Waals surface area contributed by atoms with Crippen LogP contribution in [0.5, 0.6) is 5.75 Å². The molecule has 0 saturated heterocycles. The number of rotatable bonds is 2. The second kappa shape index (κ2) is 4.81. The van der Waals surface area contributed by atoms with E-state index in [4.69, 9.17) is 4.74 Å². The lowest BCUT2D eigenvalue weighted by Gasteiger charge is -2.16. The Morgan fingerprint density at radius 3 is 3.00 bits per heavy atom. The summed E-state index contributed by atoms with van der Waals surface area (Å²) in [5, 5.41) is 11.8. The van der Waals surface area contributed by atoms with E-state index in [0.717, 1.165) is 16.3 Å². The van der Waals surface area contributed by atoms with Crippen molar-refractivity contribution in [2.45, 2.75) is 6.92 Å². The number of hydrogen-bond acceptors (Lipinski definition) is 5. The molecule has 0 bridgehead atoms. The van der Waals surface area contributed by atoms with E-state index < -0.39 is 0 Å². The number of ether oxygens (including phenoxy) is 1. The molecule has 2 aromatic rings. The van der Waals surface area contributed by atoms with Gasteiger partial charge in [-0.15, -0.1) is 10.2 Å². The minimum atomic E-state index is -0.203. The van der Waals surface area contributed by atoms with Gasteiger partial charge in [-0.3, -0.25) is 10.1 Å². The third-order valence-corrected chi connectivity index (χ3v) is 3.42. The highest BCUT2D eigenvalue weighted by atomic mass is 32.1. The summed E-state index contributed by atoms with van der Waals surface area (Å²) in [7, 11) is 0. The largest absolute Gasteiger partial charge is 0.488 e. The summed E-state index contributed by atoms with van der Waals surface area (Å²) in [5.74, 6) is 0.594. The quantitative estimate of drug-likeness (QED) is 0.911. The number of nitrogens with zero attached hydrogens (tertiary/aromatic N) is 2. The van der Waals surface area contributed by atoms with E-state index in [9.17, 15) is 4.79 Å². The average Bonchev–Trinajstić information content (AvgIpc) is 2.83. The summed E-state index contributed by atoms with van der Waals surface area (Å²) in [5.41, 5.74) is 1.49. The van der Waals surface area contributed by atoms with Crippen molar-refractivity contribution in [3.8, 4) is 5.75 Å². The minimum absolute atomic E-state index is 0.203. The van der Waals surface area contributed by atoms with E-state index in [2.05, 4.69) is 15.5 Å². The highest BCUT2D eigenvalue weighted by Crippen LogP contribution is 2.26. The van der Waals surface area contributed by atoms with E-state index in [-0.39, 0.29) is 12.5 Å². The molecule has 3 rings (SSSR count). The van der Waals surface area contributed by atoms with Crippen molar-refractivity contribution in [2.24, 2.45) is 0 Å². The van der Waals surface area contributed by atoms with Gasteiger partial charge in [0.15, 0.2) is 0 Å². The molecule has 1 aliphatic heterocycles. The molecule has 0 fully saturated rings. The summed E-state index contributed by atoms with van der Waals surface area (Å²) in [6, 6.07) is 7.61. The molecule has 0 spiro atoms. The molecule has 1 aromatic carbocycles. The van der Waals surface area contributed by atoms with Gasteiger partial charge >= 0.3 is 0 Å². The Kier molecular flexibility index (Phi) is 3.00. The summed E-state index contributed by atoms with van der Waals surface area (Å²) < 4.78 is 5.54. The van der Waals surface area contributed by atoms with Crippen molar-refractivity contribution < 1.29 is 9.53 Å². The first kappa shape index (κ1) is 11.9. The molecule has 1 aromatic heterocycles.